The molecule has 0 unspecified atom stereocenters. The van der Waals surface area contributed by atoms with Crippen LogP contribution in [0, 0.1) is 17.7 Å². The lowest BCUT2D eigenvalue weighted by Gasteiger charge is -2.26. The molecule has 1 aromatic rings. The molecule has 0 saturated carbocycles. The van der Waals surface area contributed by atoms with Gasteiger partial charge in [0.2, 0.25) is 0 Å². The summed E-state index contributed by atoms with van der Waals surface area (Å²) in [7, 11) is 1.66. The van der Waals surface area contributed by atoms with Gasteiger partial charge in [-0.3, -0.25) is 4.90 Å². The largest absolute Gasteiger partial charge is 0.384 e. The topological polar surface area (TPSA) is 32.7 Å². The molecule has 0 spiro atoms. The molecule has 0 saturated heterocycles. The summed E-state index contributed by atoms with van der Waals surface area (Å²) in [6.45, 7) is 5.87. The molecule has 0 aromatic heterocycles. The van der Waals surface area contributed by atoms with Crippen molar-refractivity contribution in [1.29, 1.82) is 0 Å². The molecule has 4 heteroatoms. The van der Waals surface area contributed by atoms with E-state index in [-0.39, 0.29) is 12.4 Å². The third-order valence-electron chi connectivity index (χ3n) is 3.05. The van der Waals surface area contributed by atoms with Gasteiger partial charge in [-0.15, -0.1) is 0 Å². The van der Waals surface area contributed by atoms with Gasteiger partial charge in [0.25, 0.3) is 0 Å². The van der Waals surface area contributed by atoms with E-state index < -0.39 is 0 Å². The number of nitrogens with zero attached hydrogens (tertiary/aromatic N) is 1. The van der Waals surface area contributed by atoms with Crippen LogP contribution < -0.4 is 0 Å². The van der Waals surface area contributed by atoms with Crippen LogP contribution in [0.4, 0.5) is 4.39 Å². The summed E-state index contributed by atoms with van der Waals surface area (Å²) >= 11 is 0. The highest BCUT2D eigenvalue weighted by Crippen LogP contribution is 2.14. The van der Waals surface area contributed by atoms with Gasteiger partial charge < -0.3 is 9.84 Å². The molecule has 3 nitrogen and oxygen atoms in total. The molecule has 0 atom stereocenters. The average molecular weight is 279 g/mol. The van der Waals surface area contributed by atoms with Crippen molar-refractivity contribution in [2.45, 2.75) is 26.4 Å². The standard InChI is InChI=1S/C16H22FNO2/c1-13(2)18(8-10-20-3)12-15-7-6-14(5-4-9-19)11-16(15)17/h6-7,11,13,19H,8-10,12H2,1-3H3. The van der Waals surface area contributed by atoms with Crippen LogP contribution in [-0.4, -0.2) is 42.9 Å². The fourth-order valence-corrected chi connectivity index (χ4v) is 1.84. The smallest absolute Gasteiger partial charge is 0.128 e. The van der Waals surface area contributed by atoms with E-state index in [1.165, 1.54) is 6.07 Å². The molecule has 0 fully saturated rings. The number of hydrogen-bond acceptors (Lipinski definition) is 3. The van der Waals surface area contributed by atoms with Crippen molar-refractivity contribution in [3.63, 3.8) is 0 Å². The Morgan fingerprint density at radius 1 is 1.40 bits per heavy atom. The van der Waals surface area contributed by atoms with Crippen LogP contribution in [0.5, 0.6) is 0 Å². The Morgan fingerprint density at radius 2 is 2.15 bits per heavy atom. The predicted octanol–water partition coefficient (Wildman–Crippen LogP) is 2.03. The van der Waals surface area contributed by atoms with Crippen molar-refractivity contribution in [3.8, 4) is 11.8 Å². The van der Waals surface area contributed by atoms with Gasteiger partial charge in [-0.25, -0.2) is 4.39 Å². The first-order valence-corrected chi connectivity index (χ1v) is 6.69. The summed E-state index contributed by atoms with van der Waals surface area (Å²) in [5.41, 5.74) is 1.22. The summed E-state index contributed by atoms with van der Waals surface area (Å²) in [4.78, 5) is 2.15. The maximum absolute atomic E-state index is 14.0. The first kappa shape index (κ1) is 16.6. The van der Waals surface area contributed by atoms with Crippen molar-refractivity contribution < 1.29 is 14.2 Å². The van der Waals surface area contributed by atoms with Gasteiger partial charge in [-0.1, -0.05) is 17.9 Å². The zero-order chi connectivity index (χ0) is 15.0. The van der Waals surface area contributed by atoms with Gasteiger partial charge >= 0.3 is 0 Å². The minimum atomic E-state index is -0.266. The Bertz CT molecular complexity index is 477. The molecule has 0 aliphatic carbocycles. The number of rotatable bonds is 6. The normalized spacial score (nSPS) is 10.8. The second-order valence-electron chi connectivity index (χ2n) is 4.82. The summed E-state index contributed by atoms with van der Waals surface area (Å²) in [5, 5.41) is 8.63. The number of halogens is 1. The predicted molar refractivity (Wildman–Crippen MR) is 77.8 cm³/mol. The lowest BCUT2D eigenvalue weighted by Crippen LogP contribution is -2.33. The van der Waals surface area contributed by atoms with Crippen molar-refractivity contribution in [2.75, 3.05) is 26.9 Å². The van der Waals surface area contributed by atoms with Gasteiger partial charge in [0, 0.05) is 37.4 Å². The summed E-state index contributed by atoms with van der Waals surface area (Å²) < 4.78 is 19.1. The Morgan fingerprint density at radius 3 is 2.70 bits per heavy atom. The van der Waals surface area contributed by atoms with E-state index in [0.29, 0.717) is 30.3 Å². The number of aliphatic hydroxyl groups excluding tert-OH is 1. The van der Waals surface area contributed by atoms with E-state index in [4.69, 9.17) is 9.84 Å². The molecule has 0 heterocycles. The number of ether oxygens (including phenoxy) is 1. The molecule has 1 rings (SSSR count). The quantitative estimate of drug-likeness (QED) is 0.809. The first-order valence-electron chi connectivity index (χ1n) is 6.69. The Balaban J connectivity index is 2.80. The van der Waals surface area contributed by atoms with Crippen molar-refractivity contribution in [1.82, 2.24) is 4.90 Å². The SMILES string of the molecule is COCCN(Cc1ccc(C#CCO)cc1F)C(C)C. The Hall–Kier alpha value is -1.41. The molecular formula is C16H22FNO2. The van der Waals surface area contributed by atoms with Crippen LogP contribution in [0.1, 0.15) is 25.0 Å². The van der Waals surface area contributed by atoms with Crippen LogP contribution in [-0.2, 0) is 11.3 Å². The summed E-state index contributed by atoms with van der Waals surface area (Å²) in [6, 6.07) is 5.25. The molecule has 0 bridgehead atoms. The third-order valence-corrected chi connectivity index (χ3v) is 3.05. The van der Waals surface area contributed by atoms with E-state index >= 15 is 0 Å². The summed E-state index contributed by atoms with van der Waals surface area (Å²) in [6.07, 6.45) is 0. The van der Waals surface area contributed by atoms with Crippen LogP contribution >= 0.6 is 0 Å². The molecule has 0 aliphatic heterocycles. The Kier molecular flexibility index (Phi) is 7.24. The average Bonchev–Trinajstić information content (AvgIpc) is 2.42. The lowest BCUT2D eigenvalue weighted by molar-refractivity contribution is 0.124. The minimum absolute atomic E-state index is 0.221. The van der Waals surface area contributed by atoms with Crippen LogP contribution in [0.15, 0.2) is 18.2 Å². The highest BCUT2D eigenvalue weighted by Gasteiger charge is 2.12. The molecule has 1 aromatic carbocycles. The maximum atomic E-state index is 14.0. The van der Waals surface area contributed by atoms with Gasteiger partial charge in [0.1, 0.15) is 12.4 Å². The first-order chi connectivity index (χ1) is 9.58. The van der Waals surface area contributed by atoms with Gasteiger partial charge in [0.05, 0.1) is 6.61 Å². The zero-order valence-electron chi connectivity index (χ0n) is 12.3. The number of hydrogen-bond donors (Lipinski definition) is 1. The number of benzene rings is 1. The van der Waals surface area contributed by atoms with Crippen molar-refractivity contribution >= 4 is 0 Å². The van der Waals surface area contributed by atoms with E-state index in [9.17, 15) is 4.39 Å². The molecule has 110 valence electrons. The van der Waals surface area contributed by atoms with E-state index in [0.717, 1.165) is 6.54 Å². The number of aliphatic hydroxyl groups is 1. The van der Waals surface area contributed by atoms with Crippen LogP contribution in [0.25, 0.3) is 0 Å². The fraction of sp³-hybridized carbons (Fsp3) is 0.500. The maximum Gasteiger partial charge on any atom is 0.128 e. The Labute approximate surface area is 120 Å². The zero-order valence-corrected chi connectivity index (χ0v) is 12.3. The van der Waals surface area contributed by atoms with Crippen molar-refractivity contribution in [3.05, 3.63) is 35.1 Å². The van der Waals surface area contributed by atoms with E-state index in [1.807, 2.05) is 0 Å². The molecule has 1 N–H and O–H groups in total. The summed E-state index contributed by atoms with van der Waals surface area (Å²) in [5.74, 6) is 4.94. The van der Waals surface area contributed by atoms with Gasteiger partial charge in [-0.2, -0.15) is 0 Å². The highest BCUT2D eigenvalue weighted by atomic mass is 19.1. The second kappa shape index (κ2) is 8.70. The molecule has 20 heavy (non-hydrogen) atoms. The second-order valence-corrected chi connectivity index (χ2v) is 4.82. The lowest BCUT2D eigenvalue weighted by atomic mass is 10.1. The monoisotopic (exact) mass is 279 g/mol. The molecular weight excluding hydrogens is 257 g/mol. The highest BCUT2D eigenvalue weighted by molar-refractivity contribution is 5.37. The van der Waals surface area contributed by atoms with Crippen LogP contribution in [0.3, 0.4) is 0 Å². The number of methoxy groups -OCH3 is 1. The van der Waals surface area contributed by atoms with Gasteiger partial charge in [-0.05, 0) is 26.0 Å². The molecule has 0 radical (unpaired) electrons. The third kappa shape index (κ3) is 5.30. The van der Waals surface area contributed by atoms with Crippen LogP contribution in [0.2, 0.25) is 0 Å². The molecule has 0 aliphatic rings. The fourth-order valence-electron chi connectivity index (χ4n) is 1.84. The van der Waals surface area contributed by atoms with E-state index in [1.54, 1.807) is 19.2 Å². The minimum Gasteiger partial charge on any atom is -0.384 e. The van der Waals surface area contributed by atoms with E-state index in [2.05, 4.69) is 30.6 Å². The van der Waals surface area contributed by atoms with Crippen molar-refractivity contribution in [2.24, 2.45) is 0 Å². The van der Waals surface area contributed by atoms with Gasteiger partial charge in [0.15, 0.2) is 0 Å². The molecule has 0 amide bonds.